The van der Waals surface area contributed by atoms with Crippen molar-refractivity contribution in [2.24, 2.45) is 11.3 Å². The van der Waals surface area contributed by atoms with Gasteiger partial charge in [-0.1, -0.05) is 42.5 Å². The molecular weight excluding hydrogens is 386 g/mol. The summed E-state index contributed by atoms with van der Waals surface area (Å²) in [6, 6.07) is 19.8. The Kier molecular flexibility index (Phi) is 4.97. The van der Waals surface area contributed by atoms with E-state index in [0.29, 0.717) is 19.6 Å². The first-order valence-corrected chi connectivity index (χ1v) is 11.0. The molecule has 5 rings (SSSR count). The number of nitrogens with one attached hydrogen (secondary N) is 1. The van der Waals surface area contributed by atoms with Crippen LogP contribution in [0.3, 0.4) is 0 Å². The van der Waals surface area contributed by atoms with Crippen LogP contribution in [0.25, 0.3) is 10.8 Å². The zero-order valence-corrected chi connectivity index (χ0v) is 17.8. The molecule has 3 aromatic rings. The Labute approximate surface area is 182 Å². The van der Waals surface area contributed by atoms with Gasteiger partial charge in [0.1, 0.15) is 0 Å². The van der Waals surface area contributed by atoms with Gasteiger partial charge in [-0.15, -0.1) is 0 Å². The van der Waals surface area contributed by atoms with Crippen LogP contribution in [-0.4, -0.2) is 34.8 Å². The smallest absolute Gasteiger partial charge is 0.254 e. The number of rotatable bonds is 4. The number of likely N-dealkylation sites (tertiary alicyclic amines) is 1. The number of carbonyl (C=O) groups excluding carboxylic acids is 2. The van der Waals surface area contributed by atoms with Crippen LogP contribution in [-0.2, 0) is 11.3 Å². The highest BCUT2D eigenvalue weighted by Gasteiger charge is 2.58. The number of aromatic nitrogens is 1. The third kappa shape index (κ3) is 3.80. The minimum atomic E-state index is 0.0621. The normalized spacial score (nSPS) is 19.4. The number of hydrogen-bond donors (Lipinski definition) is 1. The molecule has 1 saturated carbocycles. The number of pyridine rings is 1. The Morgan fingerprint density at radius 1 is 1.03 bits per heavy atom. The lowest BCUT2D eigenvalue weighted by Gasteiger charge is -2.33. The van der Waals surface area contributed by atoms with Crippen molar-refractivity contribution < 1.29 is 9.59 Å². The van der Waals surface area contributed by atoms with Gasteiger partial charge in [0.05, 0.1) is 12.2 Å². The van der Waals surface area contributed by atoms with Gasteiger partial charge in [0, 0.05) is 30.3 Å². The van der Waals surface area contributed by atoms with Gasteiger partial charge in [0.25, 0.3) is 5.91 Å². The van der Waals surface area contributed by atoms with Crippen LogP contribution in [0.1, 0.15) is 41.0 Å². The number of nitrogens with zero attached hydrogens (tertiary/aromatic N) is 2. The molecule has 2 aliphatic rings. The van der Waals surface area contributed by atoms with Crippen LogP contribution in [0.4, 0.5) is 0 Å². The summed E-state index contributed by atoms with van der Waals surface area (Å²) < 4.78 is 0. The van der Waals surface area contributed by atoms with Gasteiger partial charge in [-0.2, -0.15) is 0 Å². The summed E-state index contributed by atoms with van der Waals surface area (Å²) in [5.74, 6) is 0.281. The second-order valence-electron chi connectivity index (χ2n) is 8.93. The zero-order chi connectivity index (χ0) is 21.4. The Hall–Kier alpha value is -3.21. The standard InChI is InChI=1S/C26H27N3O2/c1-18-6-4-9-20(28-18)17-27-24(30)23-16-26(23)12-14-29(15-13-26)25(31)22-11-5-8-19-7-2-3-10-21(19)22/h2-11,23H,12-17H2,1H3,(H,27,30). The lowest BCUT2D eigenvalue weighted by Crippen LogP contribution is -2.40. The quantitative estimate of drug-likeness (QED) is 0.700. The molecule has 2 aromatic carbocycles. The van der Waals surface area contributed by atoms with Crippen molar-refractivity contribution >= 4 is 22.6 Å². The van der Waals surface area contributed by atoms with E-state index in [1.165, 1.54) is 0 Å². The maximum atomic E-state index is 13.2. The number of hydrogen-bond acceptors (Lipinski definition) is 3. The van der Waals surface area contributed by atoms with Crippen LogP contribution >= 0.6 is 0 Å². The molecule has 0 bridgehead atoms. The monoisotopic (exact) mass is 413 g/mol. The average molecular weight is 414 g/mol. The van der Waals surface area contributed by atoms with Gasteiger partial charge in [0.15, 0.2) is 0 Å². The number of piperidine rings is 1. The summed E-state index contributed by atoms with van der Waals surface area (Å²) in [4.78, 5) is 32.3. The Morgan fingerprint density at radius 3 is 2.58 bits per heavy atom. The molecule has 1 saturated heterocycles. The van der Waals surface area contributed by atoms with E-state index in [2.05, 4.69) is 10.3 Å². The molecule has 158 valence electrons. The lowest BCUT2D eigenvalue weighted by molar-refractivity contribution is -0.123. The first-order chi connectivity index (χ1) is 15.1. The number of benzene rings is 2. The summed E-state index contributed by atoms with van der Waals surface area (Å²) in [6.45, 7) is 3.85. The van der Waals surface area contributed by atoms with E-state index in [9.17, 15) is 9.59 Å². The minimum Gasteiger partial charge on any atom is -0.350 e. The molecule has 0 radical (unpaired) electrons. The highest BCUT2D eigenvalue weighted by atomic mass is 16.2. The first kappa shape index (κ1) is 19.7. The van der Waals surface area contributed by atoms with Crippen molar-refractivity contribution in [1.82, 2.24) is 15.2 Å². The molecule has 2 amide bonds. The van der Waals surface area contributed by atoms with Crippen molar-refractivity contribution in [2.75, 3.05) is 13.1 Å². The zero-order valence-electron chi connectivity index (χ0n) is 17.8. The summed E-state index contributed by atoms with van der Waals surface area (Å²) in [5.41, 5.74) is 2.68. The van der Waals surface area contributed by atoms with E-state index in [-0.39, 0.29) is 23.1 Å². The third-order valence-corrected chi connectivity index (χ3v) is 6.96. The van der Waals surface area contributed by atoms with Gasteiger partial charge in [-0.05, 0) is 60.6 Å². The van der Waals surface area contributed by atoms with Gasteiger partial charge >= 0.3 is 0 Å². The molecule has 1 atom stereocenters. The van der Waals surface area contributed by atoms with Crippen molar-refractivity contribution in [2.45, 2.75) is 32.7 Å². The molecule has 1 spiro atoms. The van der Waals surface area contributed by atoms with E-state index in [1.54, 1.807) is 0 Å². The molecule has 1 aliphatic carbocycles. The molecule has 1 unspecified atom stereocenters. The van der Waals surface area contributed by atoms with Gasteiger partial charge in [-0.25, -0.2) is 0 Å². The van der Waals surface area contributed by atoms with Crippen LogP contribution < -0.4 is 5.32 Å². The van der Waals surface area contributed by atoms with Crippen molar-refractivity contribution in [3.63, 3.8) is 0 Å². The molecule has 1 aliphatic heterocycles. The van der Waals surface area contributed by atoms with Crippen LogP contribution in [0.5, 0.6) is 0 Å². The maximum absolute atomic E-state index is 13.2. The van der Waals surface area contributed by atoms with E-state index in [4.69, 9.17) is 0 Å². The molecule has 1 N–H and O–H groups in total. The van der Waals surface area contributed by atoms with Crippen LogP contribution in [0.15, 0.2) is 60.7 Å². The fourth-order valence-corrected chi connectivity index (χ4v) is 5.01. The number of aryl methyl sites for hydroxylation is 1. The van der Waals surface area contributed by atoms with Crippen LogP contribution in [0, 0.1) is 18.3 Å². The van der Waals surface area contributed by atoms with Crippen molar-refractivity contribution in [1.29, 1.82) is 0 Å². The van der Waals surface area contributed by atoms with Gasteiger partial charge in [0.2, 0.25) is 5.91 Å². The highest BCUT2D eigenvalue weighted by Crippen LogP contribution is 2.59. The number of amides is 2. The largest absolute Gasteiger partial charge is 0.350 e. The second kappa shape index (κ2) is 7.80. The average Bonchev–Trinajstić information content (AvgIpc) is 3.50. The predicted octanol–water partition coefficient (Wildman–Crippen LogP) is 4.10. The molecule has 5 nitrogen and oxygen atoms in total. The van der Waals surface area contributed by atoms with Crippen molar-refractivity contribution in [3.8, 4) is 0 Å². The molecule has 1 aromatic heterocycles. The molecule has 2 fully saturated rings. The fourth-order valence-electron chi connectivity index (χ4n) is 5.01. The molecule has 5 heteroatoms. The maximum Gasteiger partial charge on any atom is 0.254 e. The third-order valence-electron chi connectivity index (χ3n) is 6.96. The SMILES string of the molecule is Cc1cccc(CNC(=O)C2CC23CCN(C(=O)c2cccc4ccccc24)CC3)n1. The van der Waals surface area contributed by atoms with Crippen molar-refractivity contribution in [3.05, 3.63) is 77.6 Å². The Balaban J connectivity index is 1.19. The summed E-state index contributed by atoms with van der Waals surface area (Å²) >= 11 is 0. The number of carbonyl (C=O) groups is 2. The van der Waals surface area contributed by atoms with Gasteiger partial charge in [-0.3, -0.25) is 14.6 Å². The molecule has 31 heavy (non-hydrogen) atoms. The summed E-state index contributed by atoms with van der Waals surface area (Å²) in [6.07, 6.45) is 2.71. The Bertz CT molecular complexity index is 1140. The highest BCUT2D eigenvalue weighted by molar-refractivity contribution is 6.07. The summed E-state index contributed by atoms with van der Waals surface area (Å²) in [5, 5.41) is 5.15. The van der Waals surface area contributed by atoms with E-state index in [1.807, 2.05) is 72.5 Å². The van der Waals surface area contributed by atoms with E-state index >= 15 is 0 Å². The fraction of sp³-hybridized carbons (Fsp3) is 0.346. The second-order valence-corrected chi connectivity index (χ2v) is 8.93. The molecule has 2 heterocycles. The molecular formula is C26H27N3O2. The first-order valence-electron chi connectivity index (χ1n) is 11.0. The number of fused-ring (bicyclic) bond motifs is 1. The Morgan fingerprint density at radius 2 is 1.77 bits per heavy atom. The topological polar surface area (TPSA) is 62.3 Å². The van der Waals surface area contributed by atoms with E-state index in [0.717, 1.165) is 47.0 Å². The van der Waals surface area contributed by atoms with E-state index < -0.39 is 0 Å². The lowest BCUT2D eigenvalue weighted by atomic mass is 9.90. The van der Waals surface area contributed by atoms with Crippen LogP contribution in [0.2, 0.25) is 0 Å². The van der Waals surface area contributed by atoms with Gasteiger partial charge < -0.3 is 10.2 Å². The predicted molar refractivity (Wildman–Crippen MR) is 120 cm³/mol. The minimum absolute atomic E-state index is 0.0621. The summed E-state index contributed by atoms with van der Waals surface area (Å²) in [7, 11) is 0.